The maximum absolute atomic E-state index is 12.5. The topological polar surface area (TPSA) is 41.6 Å². The van der Waals surface area contributed by atoms with Crippen LogP contribution in [0.4, 0.5) is 0 Å². The summed E-state index contributed by atoms with van der Waals surface area (Å²) in [6.07, 6.45) is 2.39. The van der Waals surface area contributed by atoms with Crippen LogP contribution in [0.5, 0.6) is 10.8 Å². The van der Waals surface area contributed by atoms with E-state index < -0.39 is 0 Å². The number of ether oxygens (including phenoxy) is 1. The highest BCUT2D eigenvalue weighted by Gasteiger charge is 2.32. The van der Waals surface area contributed by atoms with E-state index in [2.05, 4.69) is 17.1 Å². The number of rotatable bonds is 4. The fourth-order valence-corrected chi connectivity index (χ4v) is 4.42. The van der Waals surface area contributed by atoms with Gasteiger partial charge in [0.05, 0.1) is 0 Å². The van der Waals surface area contributed by atoms with Crippen molar-refractivity contribution < 1.29 is 9.53 Å². The van der Waals surface area contributed by atoms with Crippen LogP contribution in [0.15, 0.2) is 36.4 Å². The Morgan fingerprint density at radius 3 is 2.75 bits per heavy atom. The molecule has 1 aromatic carbocycles. The number of fused-ring (bicyclic) bond motifs is 2. The van der Waals surface area contributed by atoms with Gasteiger partial charge in [0.25, 0.3) is 5.91 Å². The van der Waals surface area contributed by atoms with E-state index >= 15 is 0 Å². The third-order valence-electron chi connectivity index (χ3n) is 4.85. The number of amides is 1. The van der Waals surface area contributed by atoms with Crippen LogP contribution in [0, 0.1) is 12.8 Å². The predicted molar refractivity (Wildman–Crippen MR) is 96.0 cm³/mol. The van der Waals surface area contributed by atoms with Gasteiger partial charge in [-0.05, 0) is 68.6 Å². The summed E-state index contributed by atoms with van der Waals surface area (Å²) in [6, 6.07) is 11.7. The Balaban J connectivity index is 1.36. The smallest absolute Gasteiger partial charge is 0.251 e. The Bertz CT molecular complexity index is 713. The molecule has 5 heteroatoms. The van der Waals surface area contributed by atoms with Gasteiger partial charge < -0.3 is 15.0 Å². The average Bonchev–Trinajstić information content (AvgIpc) is 3.13. The van der Waals surface area contributed by atoms with E-state index in [1.165, 1.54) is 24.4 Å². The molecule has 4 nitrogen and oxygen atoms in total. The first-order valence-electron chi connectivity index (χ1n) is 8.53. The van der Waals surface area contributed by atoms with Crippen LogP contribution in [-0.2, 0) is 0 Å². The number of thiophene rings is 1. The van der Waals surface area contributed by atoms with Crippen molar-refractivity contribution in [3.05, 3.63) is 46.8 Å². The predicted octanol–water partition coefficient (Wildman–Crippen LogP) is 3.67. The molecule has 1 amide bonds. The summed E-state index contributed by atoms with van der Waals surface area (Å²) in [4.78, 5) is 16.1. The number of nitrogens with zero attached hydrogens (tertiary/aromatic N) is 1. The standard InChI is InChI=1S/C19H22N2O2S/c1-13-2-7-18(24-13)23-17-5-3-15(4-6-17)19(22)20-16-10-14-8-9-21(11-14)12-16/h2-7,14,16H,8-12H2,1H3,(H,20,22)/t14-,16+/m0/s1. The minimum Gasteiger partial charge on any atom is -0.447 e. The first-order chi connectivity index (χ1) is 11.7. The molecular weight excluding hydrogens is 320 g/mol. The van der Waals surface area contributed by atoms with E-state index in [0.717, 1.165) is 29.7 Å². The number of hydrogen-bond donors (Lipinski definition) is 1. The van der Waals surface area contributed by atoms with Crippen molar-refractivity contribution in [3.8, 4) is 10.8 Å². The maximum atomic E-state index is 12.5. The molecule has 3 atom stereocenters. The van der Waals surface area contributed by atoms with Crippen LogP contribution in [-0.4, -0.2) is 36.5 Å². The molecule has 24 heavy (non-hydrogen) atoms. The lowest BCUT2D eigenvalue weighted by Crippen LogP contribution is -2.46. The summed E-state index contributed by atoms with van der Waals surface area (Å²) in [5.74, 6) is 1.53. The SMILES string of the molecule is Cc1ccc(Oc2ccc(C(=O)N[C@@H]3C[C@@H]4CCN(C4)C3)cc2)s1. The monoisotopic (exact) mass is 342 g/mol. The highest BCUT2D eigenvalue weighted by molar-refractivity contribution is 7.13. The van der Waals surface area contributed by atoms with Gasteiger partial charge in [-0.2, -0.15) is 0 Å². The molecule has 2 aliphatic rings. The molecule has 0 spiro atoms. The summed E-state index contributed by atoms with van der Waals surface area (Å²) >= 11 is 1.62. The van der Waals surface area contributed by atoms with Gasteiger partial charge in [0.1, 0.15) is 5.75 Å². The normalized spacial score (nSPS) is 25.5. The average molecular weight is 342 g/mol. The molecule has 1 unspecified atom stereocenters. The Morgan fingerprint density at radius 2 is 2.04 bits per heavy atom. The Morgan fingerprint density at radius 1 is 1.21 bits per heavy atom. The van der Waals surface area contributed by atoms with E-state index in [9.17, 15) is 4.79 Å². The third-order valence-corrected chi connectivity index (χ3v) is 5.73. The lowest BCUT2D eigenvalue weighted by molar-refractivity contribution is 0.0909. The largest absolute Gasteiger partial charge is 0.447 e. The number of nitrogens with one attached hydrogen (secondary N) is 1. The lowest BCUT2D eigenvalue weighted by atomic mass is 9.96. The second-order valence-electron chi connectivity index (χ2n) is 6.81. The summed E-state index contributed by atoms with van der Waals surface area (Å²) in [6.45, 7) is 5.44. The molecule has 2 saturated heterocycles. The number of hydrogen-bond acceptors (Lipinski definition) is 4. The summed E-state index contributed by atoms with van der Waals surface area (Å²) in [5, 5.41) is 4.06. The minimum atomic E-state index is 0.0148. The van der Waals surface area contributed by atoms with Gasteiger partial charge in [-0.3, -0.25) is 4.79 Å². The van der Waals surface area contributed by atoms with Gasteiger partial charge >= 0.3 is 0 Å². The van der Waals surface area contributed by atoms with E-state index in [1.54, 1.807) is 11.3 Å². The summed E-state index contributed by atoms with van der Waals surface area (Å²) < 4.78 is 5.80. The quantitative estimate of drug-likeness (QED) is 0.922. The maximum Gasteiger partial charge on any atom is 0.251 e. The molecule has 2 aromatic rings. The molecule has 2 bridgehead atoms. The van der Waals surface area contributed by atoms with Gasteiger partial charge in [-0.15, -0.1) is 11.3 Å². The van der Waals surface area contributed by atoms with Gasteiger partial charge in [0.15, 0.2) is 5.06 Å². The van der Waals surface area contributed by atoms with Crippen molar-refractivity contribution in [2.75, 3.05) is 19.6 Å². The second-order valence-corrected chi connectivity index (χ2v) is 8.06. The van der Waals surface area contributed by atoms with Crippen molar-refractivity contribution in [1.82, 2.24) is 10.2 Å². The van der Waals surface area contributed by atoms with Crippen molar-refractivity contribution in [2.24, 2.45) is 5.92 Å². The van der Waals surface area contributed by atoms with Crippen molar-refractivity contribution in [3.63, 3.8) is 0 Å². The zero-order valence-electron chi connectivity index (χ0n) is 13.8. The highest BCUT2D eigenvalue weighted by atomic mass is 32.1. The van der Waals surface area contributed by atoms with Crippen LogP contribution in [0.1, 0.15) is 28.1 Å². The van der Waals surface area contributed by atoms with Crippen molar-refractivity contribution >= 4 is 17.2 Å². The highest BCUT2D eigenvalue weighted by Crippen LogP contribution is 2.29. The summed E-state index contributed by atoms with van der Waals surface area (Å²) in [7, 11) is 0. The first kappa shape index (κ1) is 15.7. The van der Waals surface area contributed by atoms with Gasteiger partial charge in [-0.1, -0.05) is 0 Å². The van der Waals surface area contributed by atoms with Crippen LogP contribution >= 0.6 is 11.3 Å². The van der Waals surface area contributed by atoms with E-state index in [1.807, 2.05) is 36.4 Å². The molecule has 1 aromatic heterocycles. The molecule has 0 radical (unpaired) electrons. The van der Waals surface area contributed by atoms with E-state index in [-0.39, 0.29) is 11.9 Å². The van der Waals surface area contributed by atoms with Gasteiger partial charge in [-0.25, -0.2) is 0 Å². The van der Waals surface area contributed by atoms with E-state index in [4.69, 9.17) is 4.74 Å². The molecule has 2 aliphatic heterocycles. The zero-order valence-corrected chi connectivity index (χ0v) is 14.6. The van der Waals surface area contributed by atoms with E-state index in [0.29, 0.717) is 5.56 Å². The number of piperidine rings is 1. The minimum absolute atomic E-state index is 0.0148. The molecular formula is C19H22N2O2S. The number of benzene rings is 1. The van der Waals surface area contributed by atoms with Crippen molar-refractivity contribution in [2.45, 2.75) is 25.8 Å². The molecule has 4 rings (SSSR count). The molecule has 0 aliphatic carbocycles. The molecule has 3 heterocycles. The fraction of sp³-hybridized carbons (Fsp3) is 0.421. The van der Waals surface area contributed by atoms with Crippen LogP contribution in [0.25, 0.3) is 0 Å². The van der Waals surface area contributed by atoms with Crippen LogP contribution < -0.4 is 10.1 Å². The molecule has 0 saturated carbocycles. The second kappa shape index (κ2) is 6.57. The number of aryl methyl sites for hydroxylation is 1. The van der Waals surface area contributed by atoms with Gasteiger partial charge in [0, 0.05) is 29.6 Å². The van der Waals surface area contributed by atoms with Gasteiger partial charge in [0.2, 0.25) is 0 Å². The zero-order chi connectivity index (χ0) is 16.5. The van der Waals surface area contributed by atoms with Crippen LogP contribution in [0.2, 0.25) is 0 Å². The molecule has 2 fully saturated rings. The number of carbonyl (C=O) groups excluding carboxylic acids is 1. The third kappa shape index (κ3) is 3.47. The summed E-state index contributed by atoms with van der Waals surface area (Å²) in [5.41, 5.74) is 0.692. The Hall–Kier alpha value is -1.85. The van der Waals surface area contributed by atoms with Crippen molar-refractivity contribution in [1.29, 1.82) is 0 Å². The first-order valence-corrected chi connectivity index (χ1v) is 9.35. The molecule has 1 N–H and O–H groups in total. The Kier molecular flexibility index (Phi) is 4.29. The lowest BCUT2D eigenvalue weighted by Gasteiger charge is -2.30. The Labute approximate surface area is 146 Å². The molecule has 126 valence electrons. The number of carbonyl (C=O) groups is 1. The van der Waals surface area contributed by atoms with Crippen LogP contribution in [0.3, 0.4) is 0 Å². The fourth-order valence-electron chi connectivity index (χ4n) is 3.69.